The second-order valence-electron chi connectivity index (χ2n) is 5.17. The number of fused-ring (bicyclic) bond motifs is 2. The monoisotopic (exact) mass is 274 g/mol. The van der Waals surface area contributed by atoms with Gasteiger partial charge in [-0.25, -0.2) is 4.98 Å². The maximum atomic E-state index is 5.40. The summed E-state index contributed by atoms with van der Waals surface area (Å²) in [5.74, 6) is 1.36. The molecule has 3 unspecified atom stereocenters. The fourth-order valence-electron chi connectivity index (χ4n) is 3.22. The van der Waals surface area contributed by atoms with E-state index < -0.39 is 0 Å². The molecule has 3 heteroatoms. The van der Waals surface area contributed by atoms with Gasteiger partial charge in [0.1, 0.15) is 0 Å². The lowest BCUT2D eigenvalue weighted by molar-refractivity contribution is 0.0922. The van der Waals surface area contributed by atoms with Crippen molar-refractivity contribution in [2.24, 2.45) is 5.92 Å². The summed E-state index contributed by atoms with van der Waals surface area (Å²) in [6.45, 7) is 6.65. The second kappa shape index (κ2) is 6.89. The van der Waals surface area contributed by atoms with E-state index in [9.17, 15) is 0 Å². The molecular weight excluding hydrogens is 248 g/mol. The zero-order valence-corrected chi connectivity index (χ0v) is 13.0. The summed E-state index contributed by atoms with van der Waals surface area (Å²) in [6.07, 6.45) is 9.30. The molecule has 3 aliphatic rings. The van der Waals surface area contributed by atoms with Crippen molar-refractivity contribution in [1.29, 1.82) is 0 Å². The summed E-state index contributed by atoms with van der Waals surface area (Å²) in [7, 11) is 2.22. The fraction of sp³-hybridized carbons (Fsp3) is 0.588. The zero-order chi connectivity index (χ0) is 14.5. The maximum Gasteiger partial charge on any atom is 0.213 e. The molecule has 3 heterocycles. The first-order valence-electron chi connectivity index (χ1n) is 7.78. The number of hydrogen-bond donors (Lipinski definition) is 0. The van der Waals surface area contributed by atoms with E-state index in [1.54, 1.807) is 0 Å². The van der Waals surface area contributed by atoms with Gasteiger partial charge in [0.25, 0.3) is 0 Å². The van der Waals surface area contributed by atoms with Gasteiger partial charge in [-0.2, -0.15) is 0 Å². The van der Waals surface area contributed by atoms with Crippen molar-refractivity contribution in [3.8, 4) is 5.88 Å². The number of pyridine rings is 1. The van der Waals surface area contributed by atoms with E-state index >= 15 is 0 Å². The van der Waals surface area contributed by atoms with Gasteiger partial charge in [-0.05, 0) is 38.3 Å². The van der Waals surface area contributed by atoms with Crippen LogP contribution >= 0.6 is 0 Å². The van der Waals surface area contributed by atoms with Crippen molar-refractivity contribution in [2.45, 2.75) is 45.7 Å². The highest BCUT2D eigenvalue weighted by Crippen LogP contribution is 2.42. The molecule has 0 aromatic carbocycles. The Morgan fingerprint density at radius 3 is 2.55 bits per heavy atom. The summed E-state index contributed by atoms with van der Waals surface area (Å²) >= 11 is 0. The molecule has 0 radical (unpaired) electrons. The molecule has 0 saturated carbocycles. The third-order valence-electron chi connectivity index (χ3n) is 4.14. The Morgan fingerprint density at radius 2 is 2.05 bits per heavy atom. The molecule has 2 aliphatic heterocycles. The van der Waals surface area contributed by atoms with Gasteiger partial charge in [0.2, 0.25) is 5.88 Å². The van der Waals surface area contributed by atoms with E-state index in [2.05, 4.69) is 35.1 Å². The number of likely N-dealkylation sites (N-methyl/N-ethyl adjacent to an activating group) is 1. The second-order valence-corrected chi connectivity index (χ2v) is 5.17. The molecule has 0 amide bonds. The van der Waals surface area contributed by atoms with Gasteiger partial charge < -0.3 is 4.74 Å². The molecule has 1 aliphatic carbocycles. The standard InChI is InChI=1S/C15H20N2O.C2H6/c1-3-18-14-9-6-12(10-16-14)15-11-4-7-13(8-5-11)17(15)2;1-2/h4,6-7,9-11,13,15H,3,5,8H2,1-2H3;1-2H3. The Labute approximate surface area is 122 Å². The lowest BCUT2D eigenvalue weighted by Gasteiger charge is -2.46. The fourth-order valence-corrected chi connectivity index (χ4v) is 3.22. The van der Waals surface area contributed by atoms with Crippen LogP contribution in [0.4, 0.5) is 0 Å². The highest BCUT2D eigenvalue weighted by molar-refractivity contribution is 5.26. The summed E-state index contributed by atoms with van der Waals surface area (Å²) < 4.78 is 5.40. The van der Waals surface area contributed by atoms with Crippen LogP contribution in [-0.2, 0) is 0 Å². The first kappa shape index (κ1) is 15.0. The number of piperidine rings is 1. The van der Waals surface area contributed by atoms with Crippen molar-refractivity contribution in [3.63, 3.8) is 0 Å². The van der Waals surface area contributed by atoms with Crippen LogP contribution in [0, 0.1) is 5.92 Å². The lowest BCUT2D eigenvalue weighted by atomic mass is 9.78. The molecule has 3 atom stereocenters. The van der Waals surface area contributed by atoms with Crippen LogP contribution in [0.3, 0.4) is 0 Å². The van der Waals surface area contributed by atoms with Crippen LogP contribution < -0.4 is 4.74 Å². The van der Waals surface area contributed by atoms with E-state index in [4.69, 9.17) is 4.74 Å². The molecular formula is C17H26N2O. The average Bonchev–Trinajstić information content (AvgIpc) is 2.52. The van der Waals surface area contributed by atoms with Crippen LogP contribution in [0.1, 0.15) is 45.2 Å². The summed E-state index contributed by atoms with van der Waals surface area (Å²) in [5, 5.41) is 0. The van der Waals surface area contributed by atoms with E-state index in [0.29, 0.717) is 24.6 Å². The van der Waals surface area contributed by atoms with Crippen LogP contribution in [0.15, 0.2) is 30.5 Å². The van der Waals surface area contributed by atoms with Crippen LogP contribution in [0.25, 0.3) is 0 Å². The van der Waals surface area contributed by atoms with Gasteiger partial charge in [0.05, 0.1) is 6.61 Å². The lowest BCUT2D eigenvalue weighted by Crippen LogP contribution is -2.44. The van der Waals surface area contributed by atoms with E-state index in [-0.39, 0.29) is 0 Å². The van der Waals surface area contributed by atoms with Crippen molar-refractivity contribution >= 4 is 0 Å². The number of ether oxygens (including phenoxy) is 1. The minimum Gasteiger partial charge on any atom is -0.478 e. The number of aromatic nitrogens is 1. The predicted octanol–water partition coefficient (Wildman–Crippen LogP) is 3.83. The molecule has 1 fully saturated rings. The third-order valence-corrected chi connectivity index (χ3v) is 4.14. The Balaban J connectivity index is 0.000000704. The number of rotatable bonds is 3. The quantitative estimate of drug-likeness (QED) is 0.783. The Bertz CT molecular complexity index is 441. The van der Waals surface area contributed by atoms with Crippen LogP contribution in [-0.4, -0.2) is 29.6 Å². The molecule has 20 heavy (non-hydrogen) atoms. The van der Waals surface area contributed by atoms with Crippen LogP contribution in [0.2, 0.25) is 0 Å². The molecule has 1 aromatic rings. The molecule has 110 valence electrons. The van der Waals surface area contributed by atoms with Gasteiger partial charge in [-0.3, -0.25) is 4.90 Å². The Kier molecular flexibility index (Phi) is 5.18. The highest BCUT2D eigenvalue weighted by Gasteiger charge is 2.37. The Hall–Kier alpha value is -1.35. The minimum atomic E-state index is 0.483. The molecule has 0 N–H and O–H groups in total. The summed E-state index contributed by atoms with van der Waals surface area (Å²) in [5.41, 5.74) is 1.31. The molecule has 3 nitrogen and oxygen atoms in total. The van der Waals surface area contributed by atoms with Crippen LogP contribution in [0.5, 0.6) is 5.88 Å². The normalized spacial score (nSPS) is 27.9. The number of hydrogen-bond acceptors (Lipinski definition) is 3. The van der Waals surface area contributed by atoms with Gasteiger partial charge in [-0.1, -0.05) is 32.1 Å². The minimum absolute atomic E-state index is 0.483. The van der Waals surface area contributed by atoms with Gasteiger partial charge in [0, 0.05) is 24.3 Å². The molecule has 2 bridgehead atoms. The van der Waals surface area contributed by atoms with Gasteiger partial charge in [0.15, 0.2) is 0 Å². The van der Waals surface area contributed by atoms with Crippen molar-refractivity contribution in [2.75, 3.05) is 13.7 Å². The predicted molar refractivity (Wildman–Crippen MR) is 82.9 cm³/mol. The third kappa shape index (κ3) is 2.88. The van der Waals surface area contributed by atoms with Gasteiger partial charge in [-0.15, -0.1) is 0 Å². The van der Waals surface area contributed by atoms with Crippen molar-refractivity contribution in [1.82, 2.24) is 9.88 Å². The zero-order valence-electron chi connectivity index (χ0n) is 13.0. The molecule has 1 aromatic heterocycles. The number of nitrogens with zero attached hydrogens (tertiary/aromatic N) is 2. The summed E-state index contributed by atoms with van der Waals surface area (Å²) in [6, 6.07) is 5.23. The smallest absolute Gasteiger partial charge is 0.213 e. The molecule has 4 rings (SSSR count). The highest BCUT2D eigenvalue weighted by atomic mass is 16.5. The largest absolute Gasteiger partial charge is 0.478 e. The van der Waals surface area contributed by atoms with Gasteiger partial charge >= 0.3 is 0 Å². The maximum absolute atomic E-state index is 5.40. The molecule has 1 saturated heterocycles. The SMILES string of the molecule is CC.CCOc1ccc(C2C3C=CC(CC3)N2C)cn1. The average molecular weight is 274 g/mol. The van der Waals surface area contributed by atoms with Crippen molar-refractivity contribution in [3.05, 3.63) is 36.0 Å². The first-order valence-corrected chi connectivity index (χ1v) is 7.78. The van der Waals surface area contributed by atoms with E-state index in [0.717, 1.165) is 5.88 Å². The molecule has 0 spiro atoms. The summed E-state index contributed by atoms with van der Waals surface area (Å²) in [4.78, 5) is 6.87. The van der Waals surface area contributed by atoms with E-state index in [1.165, 1.54) is 18.4 Å². The van der Waals surface area contributed by atoms with E-state index in [1.807, 2.05) is 33.0 Å². The van der Waals surface area contributed by atoms with Crippen molar-refractivity contribution < 1.29 is 4.74 Å². The topological polar surface area (TPSA) is 25.4 Å². The first-order chi connectivity index (χ1) is 9.79. The Morgan fingerprint density at radius 1 is 1.25 bits per heavy atom.